The van der Waals surface area contributed by atoms with E-state index in [-0.39, 0.29) is 29.8 Å². The highest BCUT2D eigenvalue weighted by atomic mass is 19.4. The normalized spacial score (nSPS) is 11.3. The maximum atomic E-state index is 12.8. The Bertz CT molecular complexity index is 1140. The standard InChI is InChI=1S/C25H29F3N4O6/c1-16(2)37-11-5-10-29-23(34)24(35)32-30-14-17-8-9-20(21(12-17)36-3)38-15-22(33)31-19-7-4-6-18(13-19)25(26,27)28/h4,6-9,12-14,16H,5,10-11,15H2,1-3H3,(H,29,34)(H,31,33)(H,32,35). The molecular formula is C25H29F3N4O6. The number of nitrogens with zero attached hydrogens (tertiary/aromatic N) is 1. The lowest BCUT2D eigenvalue weighted by atomic mass is 10.2. The van der Waals surface area contributed by atoms with Crippen LogP contribution in [0.25, 0.3) is 0 Å². The molecule has 2 rings (SSSR count). The van der Waals surface area contributed by atoms with Crippen LogP contribution in [0.3, 0.4) is 0 Å². The van der Waals surface area contributed by atoms with E-state index in [0.717, 1.165) is 12.1 Å². The number of carbonyl (C=O) groups excluding carboxylic acids is 3. The van der Waals surface area contributed by atoms with Gasteiger partial charge in [-0.2, -0.15) is 18.3 Å². The Morgan fingerprint density at radius 2 is 1.82 bits per heavy atom. The van der Waals surface area contributed by atoms with Gasteiger partial charge in [0.1, 0.15) is 0 Å². The molecular weight excluding hydrogens is 509 g/mol. The highest BCUT2D eigenvalue weighted by molar-refractivity contribution is 6.35. The summed E-state index contributed by atoms with van der Waals surface area (Å²) in [7, 11) is 1.37. The first-order chi connectivity index (χ1) is 18.0. The molecule has 10 nitrogen and oxygen atoms in total. The molecule has 0 aliphatic carbocycles. The molecule has 0 atom stereocenters. The van der Waals surface area contributed by atoms with Crippen molar-refractivity contribution in [2.75, 3.05) is 32.2 Å². The first kappa shape index (κ1) is 30.1. The maximum Gasteiger partial charge on any atom is 0.416 e. The van der Waals surface area contributed by atoms with Crippen LogP contribution >= 0.6 is 0 Å². The number of hydrogen-bond acceptors (Lipinski definition) is 7. The van der Waals surface area contributed by atoms with Gasteiger partial charge in [-0.1, -0.05) is 6.07 Å². The van der Waals surface area contributed by atoms with Gasteiger partial charge in [-0.15, -0.1) is 0 Å². The molecule has 0 aliphatic rings. The fourth-order valence-electron chi connectivity index (χ4n) is 2.89. The zero-order chi connectivity index (χ0) is 28.1. The van der Waals surface area contributed by atoms with E-state index in [1.165, 1.54) is 37.6 Å². The minimum Gasteiger partial charge on any atom is -0.493 e. The molecule has 13 heteroatoms. The number of anilines is 1. The van der Waals surface area contributed by atoms with Crippen molar-refractivity contribution >= 4 is 29.6 Å². The van der Waals surface area contributed by atoms with Crippen LogP contribution < -0.4 is 25.5 Å². The number of ether oxygens (including phenoxy) is 3. The molecule has 0 unspecified atom stereocenters. The third kappa shape index (κ3) is 10.5. The Balaban J connectivity index is 1.85. The van der Waals surface area contributed by atoms with Crippen molar-refractivity contribution in [3.8, 4) is 11.5 Å². The molecule has 0 aliphatic heterocycles. The second-order valence-corrected chi connectivity index (χ2v) is 8.05. The summed E-state index contributed by atoms with van der Waals surface area (Å²) in [4.78, 5) is 35.7. The highest BCUT2D eigenvalue weighted by Gasteiger charge is 2.30. The summed E-state index contributed by atoms with van der Waals surface area (Å²) in [5.74, 6) is -2.03. The van der Waals surface area contributed by atoms with Crippen molar-refractivity contribution in [3.05, 3.63) is 53.6 Å². The second-order valence-electron chi connectivity index (χ2n) is 8.05. The third-order valence-electron chi connectivity index (χ3n) is 4.66. The molecule has 0 bridgehead atoms. The minimum absolute atomic E-state index is 0.0252. The number of methoxy groups -OCH3 is 1. The van der Waals surface area contributed by atoms with Crippen LogP contribution in [0.2, 0.25) is 0 Å². The fraction of sp³-hybridized carbons (Fsp3) is 0.360. The predicted octanol–water partition coefficient (Wildman–Crippen LogP) is 3.11. The zero-order valence-electron chi connectivity index (χ0n) is 21.1. The van der Waals surface area contributed by atoms with Gasteiger partial charge >= 0.3 is 18.0 Å². The highest BCUT2D eigenvalue weighted by Crippen LogP contribution is 2.31. The second kappa shape index (κ2) is 14.6. The van der Waals surface area contributed by atoms with Gasteiger partial charge in [0.15, 0.2) is 18.1 Å². The molecule has 0 aromatic heterocycles. The van der Waals surface area contributed by atoms with E-state index >= 15 is 0 Å². The van der Waals surface area contributed by atoms with Gasteiger partial charge in [-0.25, -0.2) is 5.43 Å². The van der Waals surface area contributed by atoms with Crippen LogP contribution in [-0.4, -0.2) is 56.9 Å². The summed E-state index contributed by atoms with van der Waals surface area (Å²) in [6.45, 7) is 4.04. The van der Waals surface area contributed by atoms with Gasteiger partial charge in [0.05, 0.1) is 25.0 Å². The lowest BCUT2D eigenvalue weighted by molar-refractivity contribution is -0.139. The topological polar surface area (TPSA) is 127 Å². The lowest BCUT2D eigenvalue weighted by Gasteiger charge is -2.12. The van der Waals surface area contributed by atoms with Gasteiger partial charge in [-0.3, -0.25) is 14.4 Å². The SMILES string of the molecule is COc1cc(C=NNC(=O)C(=O)NCCCOC(C)C)ccc1OCC(=O)Nc1cccc(C(F)(F)F)c1. The van der Waals surface area contributed by atoms with Crippen molar-refractivity contribution < 1.29 is 41.8 Å². The number of hydrogen-bond donors (Lipinski definition) is 3. The van der Waals surface area contributed by atoms with Crippen LogP contribution in [0.15, 0.2) is 47.6 Å². The predicted molar refractivity (Wildman–Crippen MR) is 133 cm³/mol. The average molecular weight is 539 g/mol. The quantitative estimate of drug-likeness (QED) is 0.165. The zero-order valence-corrected chi connectivity index (χ0v) is 21.1. The van der Waals surface area contributed by atoms with Gasteiger partial charge in [-0.05, 0) is 62.2 Å². The molecule has 38 heavy (non-hydrogen) atoms. The smallest absolute Gasteiger partial charge is 0.416 e. The van der Waals surface area contributed by atoms with Crippen molar-refractivity contribution in [3.63, 3.8) is 0 Å². The van der Waals surface area contributed by atoms with Gasteiger partial charge in [0.2, 0.25) is 0 Å². The number of nitrogens with one attached hydrogen (secondary N) is 3. The van der Waals surface area contributed by atoms with Crippen LogP contribution in [0.1, 0.15) is 31.4 Å². The number of benzene rings is 2. The number of rotatable bonds is 12. The number of halogens is 3. The number of alkyl halides is 3. The lowest BCUT2D eigenvalue weighted by Crippen LogP contribution is -2.38. The molecule has 2 aromatic rings. The molecule has 0 radical (unpaired) electrons. The molecule has 0 saturated carbocycles. The minimum atomic E-state index is -4.53. The summed E-state index contributed by atoms with van der Waals surface area (Å²) < 4.78 is 54.5. The summed E-state index contributed by atoms with van der Waals surface area (Å²) in [5.41, 5.74) is 1.68. The monoisotopic (exact) mass is 538 g/mol. The fourth-order valence-corrected chi connectivity index (χ4v) is 2.89. The van der Waals surface area contributed by atoms with Gasteiger partial charge in [0.25, 0.3) is 5.91 Å². The Morgan fingerprint density at radius 1 is 1.05 bits per heavy atom. The molecule has 0 heterocycles. The van der Waals surface area contributed by atoms with Gasteiger partial charge < -0.3 is 24.8 Å². The molecule has 2 aromatic carbocycles. The average Bonchev–Trinajstić information content (AvgIpc) is 2.86. The van der Waals surface area contributed by atoms with Crippen LogP contribution in [-0.2, 0) is 25.3 Å². The molecule has 3 amide bonds. The Kier molecular flexibility index (Phi) is 11.5. The molecule has 0 saturated heterocycles. The van der Waals surface area contributed by atoms with Crippen LogP contribution in [0, 0.1) is 0 Å². The van der Waals surface area contributed by atoms with Crippen molar-refractivity contribution in [1.29, 1.82) is 0 Å². The van der Waals surface area contributed by atoms with Gasteiger partial charge in [0, 0.05) is 18.8 Å². The van der Waals surface area contributed by atoms with E-state index < -0.39 is 36.1 Å². The first-order valence-corrected chi connectivity index (χ1v) is 11.5. The van der Waals surface area contributed by atoms with E-state index in [1.807, 2.05) is 13.8 Å². The van der Waals surface area contributed by atoms with Crippen LogP contribution in [0.5, 0.6) is 11.5 Å². The number of carbonyl (C=O) groups is 3. The van der Waals surface area contributed by atoms with E-state index in [4.69, 9.17) is 14.2 Å². The number of hydrazone groups is 1. The van der Waals surface area contributed by atoms with Crippen molar-refractivity contribution in [2.24, 2.45) is 5.10 Å². The maximum absolute atomic E-state index is 12.8. The number of amides is 3. The summed E-state index contributed by atoms with van der Waals surface area (Å²) in [6, 6.07) is 8.75. The molecule has 206 valence electrons. The molecule has 0 spiro atoms. The summed E-state index contributed by atoms with van der Waals surface area (Å²) in [6.07, 6.45) is -2.62. The third-order valence-corrected chi connectivity index (χ3v) is 4.66. The van der Waals surface area contributed by atoms with Crippen LogP contribution in [0.4, 0.5) is 18.9 Å². The summed E-state index contributed by atoms with van der Waals surface area (Å²) in [5, 5.41) is 8.52. The first-order valence-electron chi connectivity index (χ1n) is 11.5. The molecule has 3 N–H and O–H groups in total. The Labute approximate surface area is 217 Å². The molecule has 0 fully saturated rings. The van der Waals surface area contributed by atoms with E-state index in [9.17, 15) is 27.6 Å². The summed E-state index contributed by atoms with van der Waals surface area (Å²) >= 11 is 0. The van der Waals surface area contributed by atoms with E-state index in [2.05, 4.69) is 21.2 Å². The van der Waals surface area contributed by atoms with E-state index in [0.29, 0.717) is 18.6 Å². The van der Waals surface area contributed by atoms with Crippen molar-refractivity contribution in [1.82, 2.24) is 10.7 Å². The Morgan fingerprint density at radius 3 is 2.50 bits per heavy atom. The van der Waals surface area contributed by atoms with Crippen molar-refractivity contribution in [2.45, 2.75) is 32.5 Å². The largest absolute Gasteiger partial charge is 0.493 e. The van der Waals surface area contributed by atoms with E-state index in [1.54, 1.807) is 6.07 Å². The Hall–Kier alpha value is -4.13.